The number of rotatable bonds is 9. The highest BCUT2D eigenvalue weighted by atomic mass is 16.5. The summed E-state index contributed by atoms with van der Waals surface area (Å²) in [6, 6.07) is 0. The number of carbonyl (C=O) groups is 1. The maximum Gasteiger partial charge on any atom is 0.305 e. The fraction of sp³-hybridized carbons (Fsp3) is 0.839. The third kappa shape index (κ3) is 3.88. The second-order valence-electron chi connectivity index (χ2n) is 13.6. The van der Waals surface area contributed by atoms with Crippen LogP contribution < -0.4 is 0 Å². The predicted octanol–water partition coefficient (Wildman–Crippen LogP) is 6.72. The minimum absolute atomic E-state index is 0.00773. The molecule has 0 aliphatic heterocycles. The van der Waals surface area contributed by atoms with Crippen molar-refractivity contribution < 1.29 is 19.4 Å². The molecule has 0 aromatic rings. The van der Waals surface area contributed by atoms with Crippen LogP contribution in [0.1, 0.15) is 92.4 Å². The van der Waals surface area contributed by atoms with Gasteiger partial charge in [0.05, 0.1) is 18.8 Å². The molecule has 0 amide bonds. The summed E-state index contributed by atoms with van der Waals surface area (Å²) in [4.78, 5) is 12.1. The van der Waals surface area contributed by atoms with E-state index in [1.165, 1.54) is 32.8 Å². The van der Waals surface area contributed by atoms with Gasteiger partial charge in [0.25, 0.3) is 0 Å². The predicted molar refractivity (Wildman–Crippen MR) is 141 cm³/mol. The highest BCUT2D eigenvalue weighted by molar-refractivity contribution is 5.69. The van der Waals surface area contributed by atoms with Gasteiger partial charge in [-0.1, -0.05) is 39.0 Å². The number of aliphatic hydroxyl groups is 1. The number of esters is 1. The van der Waals surface area contributed by atoms with Crippen molar-refractivity contribution in [3.63, 3.8) is 0 Å². The van der Waals surface area contributed by atoms with Crippen LogP contribution >= 0.6 is 0 Å². The lowest BCUT2D eigenvalue weighted by molar-refractivity contribution is -0.150. The van der Waals surface area contributed by atoms with Crippen LogP contribution in [0.15, 0.2) is 24.8 Å². The minimum Gasteiger partial charge on any atom is -0.469 e. The number of carbonyl (C=O) groups excluding carboxylic acids is 1. The van der Waals surface area contributed by atoms with E-state index in [1.54, 1.807) is 7.11 Å². The van der Waals surface area contributed by atoms with Crippen LogP contribution in [0, 0.1) is 45.3 Å². The van der Waals surface area contributed by atoms with E-state index < -0.39 is 0 Å². The van der Waals surface area contributed by atoms with Crippen molar-refractivity contribution in [2.24, 2.45) is 45.3 Å². The summed E-state index contributed by atoms with van der Waals surface area (Å²) in [5, 5.41) is 11.4. The molecule has 0 heterocycles. The molecule has 4 rings (SSSR count). The Labute approximate surface area is 213 Å². The third-order valence-electron chi connectivity index (χ3n) is 12.1. The average Bonchev–Trinajstić information content (AvgIpc) is 3.39. The summed E-state index contributed by atoms with van der Waals surface area (Å²) in [5.74, 6) is 1.78. The van der Waals surface area contributed by atoms with Gasteiger partial charge in [-0.25, -0.2) is 0 Å². The molecule has 4 heteroatoms. The third-order valence-corrected chi connectivity index (χ3v) is 12.1. The maximum atomic E-state index is 12.1. The molecule has 0 radical (unpaired) electrons. The highest BCUT2D eigenvalue weighted by Gasteiger charge is 2.81. The summed E-state index contributed by atoms with van der Waals surface area (Å²) < 4.78 is 10.6. The number of hydrogen-bond acceptors (Lipinski definition) is 4. The summed E-state index contributed by atoms with van der Waals surface area (Å²) in [5.41, 5.74) is 0.538. The van der Waals surface area contributed by atoms with Gasteiger partial charge < -0.3 is 14.6 Å². The first-order chi connectivity index (χ1) is 16.4. The van der Waals surface area contributed by atoms with Crippen LogP contribution in [0.25, 0.3) is 0 Å². The first-order valence-electron chi connectivity index (χ1n) is 14.0. The summed E-state index contributed by atoms with van der Waals surface area (Å²) in [6.45, 7) is 15.9. The van der Waals surface area contributed by atoms with Crippen LogP contribution in [-0.4, -0.2) is 37.0 Å². The highest BCUT2D eigenvalue weighted by Crippen LogP contribution is 2.87. The summed E-state index contributed by atoms with van der Waals surface area (Å²) in [6.07, 6.45) is 15.5. The fourth-order valence-electron chi connectivity index (χ4n) is 9.84. The van der Waals surface area contributed by atoms with Crippen molar-refractivity contribution in [1.29, 1.82) is 0 Å². The zero-order valence-corrected chi connectivity index (χ0v) is 23.4. The topological polar surface area (TPSA) is 55.8 Å². The smallest absolute Gasteiger partial charge is 0.305 e. The van der Waals surface area contributed by atoms with Crippen LogP contribution in [0.5, 0.6) is 0 Å². The Morgan fingerprint density at radius 2 is 1.91 bits per heavy atom. The number of fused-ring (bicyclic) bond motifs is 2. The lowest BCUT2D eigenvalue weighted by atomic mass is 9.43. The van der Waals surface area contributed by atoms with E-state index >= 15 is 0 Å². The molecule has 0 unspecified atom stereocenters. The SMILES string of the molecule is C=C[C@@H]1[C@@H](O)C[C@@H]2[C@]3(CC[C@]4(C)[C@@H]([C@H](C)C/C=C/C(C)(C)OC)CC[C@@]24C)C[C@]13CCC(=O)OC. The van der Waals surface area contributed by atoms with E-state index in [1.807, 2.05) is 6.08 Å². The van der Waals surface area contributed by atoms with E-state index in [4.69, 9.17) is 9.47 Å². The Bertz CT molecular complexity index is 862. The molecule has 0 aromatic carbocycles. The van der Waals surface area contributed by atoms with Gasteiger partial charge in [0, 0.05) is 19.4 Å². The van der Waals surface area contributed by atoms with Crippen LogP contribution in [0.2, 0.25) is 0 Å². The molecule has 198 valence electrons. The Morgan fingerprint density at radius 3 is 2.54 bits per heavy atom. The zero-order valence-electron chi connectivity index (χ0n) is 23.4. The molecule has 1 spiro atoms. The number of methoxy groups -OCH3 is 2. The average molecular weight is 487 g/mol. The molecule has 9 atom stereocenters. The van der Waals surface area contributed by atoms with E-state index in [0.29, 0.717) is 24.2 Å². The molecule has 0 saturated heterocycles. The van der Waals surface area contributed by atoms with Crippen molar-refractivity contribution in [1.82, 2.24) is 0 Å². The lowest BCUT2D eigenvalue weighted by Crippen LogP contribution is -2.56. The molecule has 4 aliphatic carbocycles. The largest absolute Gasteiger partial charge is 0.469 e. The molecule has 4 saturated carbocycles. The molecular formula is C31H50O4. The Hall–Kier alpha value is -1.13. The van der Waals surface area contributed by atoms with E-state index in [2.05, 4.69) is 53.3 Å². The van der Waals surface area contributed by atoms with Crippen molar-refractivity contribution in [3.05, 3.63) is 24.8 Å². The molecule has 0 bridgehead atoms. The van der Waals surface area contributed by atoms with Gasteiger partial charge in [0.15, 0.2) is 0 Å². The van der Waals surface area contributed by atoms with Crippen molar-refractivity contribution in [2.45, 2.75) is 104 Å². The molecule has 4 aliphatic rings. The number of hydrogen-bond donors (Lipinski definition) is 1. The zero-order chi connectivity index (χ0) is 25.9. The van der Waals surface area contributed by atoms with Crippen LogP contribution in [0.4, 0.5) is 0 Å². The molecule has 35 heavy (non-hydrogen) atoms. The van der Waals surface area contributed by atoms with E-state index in [0.717, 1.165) is 25.7 Å². The van der Waals surface area contributed by atoms with Gasteiger partial charge in [-0.2, -0.15) is 0 Å². The fourth-order valence-corrected chi connectivity index (χ4v) is 9.84. The first-order valence-corrected chi connectivity index (χ1v) is 14.0. The number of allylic oxidation sites excluding steroid dienone is 1. The summed E-state index contributed by atoms with van der Waals surface area (Å²) in [7, 11) is 3.25. The van der Waals surface area contributed by atoms with Crippen LogP contribution in [0.3, 0.4) is 0 Å². The molecule has 4 nitrogen and oxygen atoms in total. The quantitative estimate of drug-likeness (QED) is 0.290. The molecular weight excluding hydrogens is 436 g/mol. The standard InChI is InChI=1S/C31H50O4/c1-9-22-24(32)19-25-29(6)15-12-23(21(2)11-10-14-27(3,4)35-8)28(29,5)17-18-31(25)20-30(22,31)16-13-26(33)34-7/h9-10,14,21-25,32H,1,11-13,15-20H2,2-8H3/b14-10+/t21-,22-,23-,24+,25+,28-,29+,30-,31+/m1/s1. The Morgan fingerprint density at radius 1 is 1.20 bits per heavy atom. The first kappa shape index (κ1) is 26.9. The van der Waals surface area contributed by atoms with Gasteiger partial charge in [-0.3, -0.25) is 4.79 Å². The van der Waals surface area contributed by atoms with Gasteiger partial charge in [0.2, 0.25) is 0 Å². The number of aliphatic hydroxyl groups excluding tert-OH is 1. The lowest BCUT2D eigenvalue weighted by Gasteiger charge is -2.61. The second kappa shape index (κ2) is 9.01. The molecule has 4 fully saturated rings. The Kier molecular flexibility index (Phi) is 6.93. The monoisotopic (exact) mass is 486 g/mol. The van der Waals surface area contributed by atoms with Gasteiger partial charge in [-0.15, -0.1) is 6.58 Å². The van der Waals surface area contributed by atoms with Gasteiger partial charge in [-0.05, 0) is 105 Å². The van der Waals surface area contributed by atoms with Crippen LogP contribution in [-0.2, 0) is 14.3 Å². The normalized spacial score (nSPS) is 45.4. The van der Waals surface area contributed by atoms with Crippen molar-refractivity contribution in [3.8, 4) is 0 Å². The van der Waals surface area contributed by atoms with Crippen molar-refractivity contribution in [2.75, 3.05) is 14.2 Å². The molecule has 0 aromatic heterocycles. The number of ether oxygens (including phenoxy) is 2. The minimum atomic E-state index is -0.361. The molecule has 1 N–H and O–H groups in total. The van der Waals surface area contributed by atoms with E-state index in [-0.39, 0.29) is 45.3 Å². The van der Waals surface area contributed by atoms with Gasteiger partial charge >= 0.3 is 5.97 Å². The summed E-state index contributed by atoms with van der Waals surface area (Å²) >= 11 is 0. The Balaban J connectivity index is 1.59. The second-order valence-corrected chi connectivity index (χ2v) is 13.6. The van der Waals surface area contributed by atoms with Crippen molar-refractivity contribution >= 4 is 5.97 Å². The van der Waals surface area contributed by atoms with Gasteiger partial charge in [0.1, 0.15) is 0 Å². The maximum absolute atomic E-state index is 12.1. The van der Waals surface area contributed by atoms with E-state index in [9.17, 15) is 9.90 Å².